The Bertz CT molecular complexity index is 1220. The molecule has 154 valence electrons. The number of benzene rings is 3. The zero-order chi connectivity index (χ0) is 22.0. The third kappa shape index (κ3) is 4.08. The van der Waals surface area contributed by atoms with Crippen molar-refractivity contribution in [3.8, 4) is 16.9 Å². The smallest absolute Gasteiger partial charge is 0.270 e. The number of nitrogens with one attached hydrogen (secondary N) is 1. The van der Waals surface area contributed by atoms with Gasteiger partial charge in [-0.2, -0.15) is 0 Å². The van der Waals surface area contributed by atoms with Crippen molar-refractivity contribution in [2.75, 3.05) is 12.0 Å². The van der Waals surface area contributed by atoms with E-state index in [1.165, 1.54) is 4.90 Å². The summed E-state index contributed by atoms with van der Waals surface area (Å²) in [7, 11) is 1.60. The van der Waals surface area contributed by atoms with Crippen molar-refractivity contribution in [1.82, 2.24) is 5.32 Å². The third-order valence-electron chi connectivity index (χ3n) is 4.84. The summed E-state index contributed by atoms with van der Waals surface area (Å²) >= 11 is 11.2. The Morgan fingerprint density at radius 2 is 1.58 bits per heavy atom. The third-order valence-corrected chi connectivity index (χ3v) is 5.38. The molecule has 1 aliphatic rings. The summed E-state index contributed by atoms with van der Waals surface area (Å²) in [6, 6.07) is 21.7. The molecule has 0 aromatic heterocycles. The minimum Gasteiger partial charge on any atom is -0.496 e. The van der Waals surface area contributed by atoms with Crippen molar-refractivity contribution in [3.63, 3.8) is 0 Å². The number of amides is 2. The summed E-state index contributed by atoms with van der Waals surface area (Å²) in [5.41, 5.74) is 2.88. The first-order chi connectivity index (χ1) is 15.0. The molecule has 3 aromatic carbocycles. The normalized spacial score (nSPS) is 15.2. The standard InChI is InChI=1S/C24H17ClN2O3S/c1-30-21-9-5-4-8-19(21)18-7-3-2-6-15(18)14-20-22(28)26-24(31)27(23(20)29)17-12-10-16(25)11-13-17/h2-14H,1H3,(H,26,28,31). The lowest BCUT2D eigenvalue weighted by Gasteiger charge is -2.29. The van der Waals surface area contributed by atoms with Gasteiger partial charge in [-0.15, -0.1) is 0 Å². The second kappa shape index (κ2) is 8.71. The first-order valence-corrected chi connectivity index (χ1v) is 10.2. The lowest BCUT2D eigenvalue weighted by atomic mass is 9.96. The highest BCUT2D eigenvalue weighted by Crippen LogP contribution is 2.33. The van der Waals surface area contributed by atoms with Crippen molar-refractivity contribution in [3.05, 3.63) is 89.0 Å². The van der Waals surface area contributed by atoms with E-state index >= 15 is 0 Å². The maximum Gasteiger partial charge on any atom is 0.270 e. The Morgan fingerprint density at radius 3 is 2.29 bits per heavy atom. The maximum atomic E-state index is 13.3. The molecule has 7 heteroatoms. The molecule has 0 bridgehead atoms. The highest BCUT2D eigenvalue weighted by molar-refractivity contribution is 7.80. The molecule has 0 atom stereocenters. The molecule has 0 aliphatic carbocycles. The van der Waals surface area contributed by atoms with Crippen LogP contribution in [0.25, 0.3) is 17.2 Å². The largest absolute Gasteiger partial charge is 0.496 e. The average Bonchev–Trinajstić information content (AvgIpc) is 2.78. The van der Waals surface area contributed by atoms with Gasteiger partial charge in [0.25, 0.3) is 11.8 Å². The minimum atomic E-state index is -0.546. The number of nitrogens with zero attached hydrogens (tertiary/aromatic N) is 1. The molecule has 3 aromatic rings. The molecule has 0 unspecified atom stereocenters. The fraction of sp³-hybridized carbons (Fsp3) is 0.0417. The van der Waals surface area contributed by atoms with Crippen LogP contribution in [-0.4, -0.2) is 24.0 Å². The number of halogens is 1. The van der Waals surface area contributed by atoms with E-state index in [0.717, 1.165) is 11.1 Å². The fourth-order valence-corrected chi connectivity index (χ4v) is 3.78. The van der Waals surface area contributed by atoms with E-state index in [9.17, 15) is 9.59 Å². The topological polar surface area (TPSA) is 58.6 Å². The first kappa shape index (κ1) is 20.8. The number of carbonyl (C=O) groups excluding carboxylic acids is 2. The van der Waals surface area contributed by atoms with Crippen molar-refractivity contribution in [1.29, 1.82) is 0 Å². The molecule has 2 amide bonds. The van der Waals surface area contributed by atoms with Crippen molar-refractivity contribution in [2.24, 2.45) is 0 Å². The zero-order valence-electron chi connectivity index (χ0n) is 16.5. The van der Waals surface area contributed by atoms with Crippen LogP contribution < -0.4 is 15.0 Å². The SMILES string of the molecule is COc1ccccc1-c1ccccc1C=C1C(=O)NC(=S)N(c2ccc(Cl)cc2)C1=O. The summed E-state index contributed by atoms with van der Waals surface area (Å²) in [6.45, 7) is 0. The number of hydrogen-bond donors (Lipinski definition) is 1. The lowest BCUT2D eigenvalue weighted by Crippen LogP contribution is -2.54. The van der Waals surface area contributed by atoms with Gasteiger partial charge in [0, 0.05) is 10.6 Å². The van der Waals surface area contributed by atoms with Crippen LogP contribution in [0.3, 0.4) is 0 Å². The molecule has 0 spiro atoms. The molecule has 1 aliphatic heterocycles. The van der Waals surface area contributed by atoms with Crippen LogP contribution in [0.5, 0.6) is 5.75 Å². The Morgan fingerprint density at radius 1 is 0.935 bits per heavy atom. The molecule has 5 nitrogen and oxygen atoms in total. The van der Waals surface area contributed by atoms with Crippen molar-refractivity contribution in [2.45, 2.75) is 0 Å². The van der Waals surface area contributed by atoms with E-state index in [1.54, 1.807) is 37.5 Å². The second-order valence-corrected chi connectivity index (χ2v) is 7.54. The minimum absolute atomic E-state index is 0.0208. The van der Waals surface area contributed by atoms with Crippen LogP contribution in [0.4, 0.5) is 5.69 Å². The Kier molecular flexibility index (Phi) is 5.84. The van der Waals surface area contributed by atoms with E-state index in [0.29, 0.717) is 22.0 Å². The fourth-order valence-electron chi connectivity index (χ4n) is 3.37. The molecule has 1 saturated heterocycles. The van der Waals surface area contributed by atoms with E-state index in [2.05, 4.69) is 5.32 Å². The number of carbonyl (C=O) groups is 2. The summed E-state index contributed by atoms with van der Waals surface area (Å²) in [6.07, 6.45) is 1.57. The highest BCUT2D eigenvalue weighted by atomic mass is 35.5. The molecule has 0 radical (unpaired) electrons. The van der Waals surface area contributed by atoms with Crippen LogP contribution in [-0.2, 0) is 9.59 Å². The van der Waals surface area contributed by atoms with Gasteiger partial charge in [0.15, 0.2) is 5.11 Å². The molecule has 1 N–H and O–H groups in total. The number of para-hydroxylation sites is 1. The number of thiocarbonyl (C=S) groups is 1. The van der Waals surface area contributed by atoms with Crippen LogP contribution >= 0.6 is 23.8 Å². The molecule has 31 heavy (non-hydrogen) atoms. The van der Waals surface area contributed by atoms with Gasteiger partial charge in [-0.05, 0) is 59.8 Å². The number of ether oxygens (including phenoxy) is 1. The maximum absolute atomic E-state index is 13.3. The van der Waals surface area contributed by atoms with E-state index in [1.807, 2.05) is 48.5 Å². The van der Waals surface area contributed by atoms with Gasteiger partial charge < -0.3 is 4.74 Å². The van der Waals surface area contributed by atoms with Crippen LogP contribution in [0.15, 0.2) is 78.4 Å². The number of methoxy groups -OCH3 is 1. The second-order valence-electron chi connectivity index (χ2n) is 6.72. The van der Waals surface area contributed by atoms with Gasteiger partial charge in [0.2, 0.25) is 0 Å². The Labute approximate surface area is 189 Å². The average molecular weight is 449 g/mol. The summed E-state index contributed by atoms with van der Waals surface area (Å²) < 4.78 is 5.48. The number of rotatable bonds is 4. The summed E-state index contributed by atoms with van der Waals surface area (Å²) in [4.78, 5) is 27.2. The van der Waals surface area contributed by atoms with E-state index in [4.69, 9.17) is 28.6 Å². The molecule has 4 rings (SSSR count). The molecular formula is C24H17ClN2O3S. The van der Waals surface area contributed by atoms with E-state index in [-0.39, 0.29) is 10.7 Å². The summed E-state index contributed by atoms with van der Waals surface area (Å²) in [5, 5.41) is 3.15. The predicted octanol–water partition coefficient (Wildman–Crippen LogP) is 4.85. The van der Waals surface area contributed by atoms with Gasteiger partial charge in [-0.25, -0.2) is 0 Å². The van der Waals surface area contributed by atoms with Gasteiger partial charge in [0.05, 0.1) is 12.8 Å². The quantitative estimate of drug-likeness (QED) is 0.352. The van der Waals surface area contributed by atoms with Gasteiger partial charge in [0.1, 0.15) is 11.3 Å². The van der Waals surface area contributed by atoms with E-state index < -0.39 is 11.8 Å². The number of anilines is 1. The highest BCUT2D eigenvalue weighted by Gasteiger charge is 2.34. The van der Waals surface area contributed by atoms with Crippen LogP contribution in [0.2, 0.25) is 5.02 Å². The molecule has 1 heterocycles. The van der Waals surface area contributed by atoms with Crippen molar-refractivity contribution < 1.29 is 14.3 Å². The first-order valence-electron chi connectivity index (χ1n) is 9.39. The number of hydrogen-bond acceptors (Lipinski definition) is 4. The van der Waals surface area contributed by atoms with Crippen molar-refractivity contribution >= 4 is 52.5 Å². The molecule has 0 saturated carbocycles. The molecule has 1 fully saturated rings. The monoisotopic (exact) mass is 448 g/mol. The van der Waals surface area contributed by atoms with Gasteiger partial charge >= 0.3 is 0 Å². The Hall–Kier alpha value is -3.48. The van der Waals surface area contributed by atoms with Gasteiger partial charge in [-0.1, -0.05) is 54.1 Å². The lowest BCUT2D eigenvalue weighted by molar-refractivity contribution is -0.122. The summed E-state index contributed by atoms with van der Waals surface area (Å²) in [5.74, 6) is -0.363. The van der Waals surface area contributed by atoms with Gasteiger partial charge in [-0.3, -0.25) is 19.8 Å². The van der Waals surface area contributed by atoms with Crippen LogP contribution in [0, 0.1) is 0 Å². The molecular weight excluding hydrogens is 432 g/mol. The Balaban J connectivity index is 1.80. The van der Waals surface area contributed by atoms with Crippen LogP contribution in [0.1, 0.15) is 5.56 Å². The zero-order valence-corrected chi connectivity index (χ0v) is 18.0. The predicted molar refractivity (Wildman–Crippen MR) is 126 cm³/mol.